The van der Waals surface area contributed by atoms with Crippen LogP contribution in [0.2, 0.25) is 0 Å². The number of hydrogen-bond donors (Lipinski definition) is 1. The Morgan fingerprint density at radius 2 is 2.17 bits per heavy atom. The van der Waals surface area contributed by atoms with Gasteiger partial charge in [0.15, 0.2) is 0 Å². The molecular weight excluding hydrogens is 242 g/mol. The molecule has 1 aromatic carbocycles. The van der Waals surface area contributed by atoms with E-state index in [-0.39, 0.29) is 0 Å². The molecule has 1 fully saturated rings. The van der Waals surface area contributed by atoms with Gasteiger partial charge >= 0.3 is 0 Å². The van der Waals surface area contributed by atoms with Crippen LogP contribution in [0.1, 0.15) is 25.3 Å². The van der Waals surface area contributed by atoms with Crippen LogP contribution in [0.25, 0.3) is 0 Å². The molecule has 0 spiro atoms. The summed E-state index contributed by atoms with van der Waals surface area (Å²) in [6, 6.07) is 8.81. The lowest BCUT2D eigenvalue weighted by atomic mass is 10.0. The van der Waals surface area contributed by atoms with Gasteiger partial charge in [-0.2, -0.15) is 5.26 Å². The fourth-order valence-electron chi connectivity index (χ4n) is 2.31. The minimum Gasteiger partial charge on any atom is -0.370 e. The summed E-state index contributed by atoms with van der Waals surface area (Å²) in [7, 11) is 0. The van der Waals surface area contributed by atoms with Gasteiger partial charge in [0, 0.05) is 24.0 Å². The molecule has 0 aromatic heterocycles. The summed E-state index contributed by atoms with van der Waals surface area (Å²) in [5.74, 6) is 0.989. The van der Waals surface area contributed by atoms with Crippen molar-refractivity contribution in [3.05, 3.63) is 23.8 Å². The van der Waals surface area contributed by atoms with Crippen LogP contribution in [-0.2, 0) is 0 Å². The van der Waals surface area contributed by atoms with Crippen LogP contribution in [0.3, 0.4) is 0 Å². The van der Waals surface area contributed by atoms with Crippen molar-refractivity contribution in [2.24, 2.45) is 5.73 Å². The fraction of sp³-hybridized carbons (Fsp3) is 0.500. The third-order valence-corrected chi connectivity index (χ3v) is 4.24. The second-order valence-electron chi connectivity index (χ2n) is 4.52. The average molecular weight is 261 g/mol. The first-order valence-electron chi connectivity index (χ1n) is 6.42. The van der Waals surface area contributed by atoms with E-state index in [1.165, 1.54) is 0 Å². The monoisotopic (exact) mass is 261 g/mol. The van der Waals surface area contributed by atoms with Crippen LogP contribution in [0.15, 0.2) is 23.1 Å². The fourth-order valence-corrected chi connectivity index (χ4v) is 3.09. The lowest BCUT2D eigenvalue weighted by Gasteiger charge is -2.32. The van der Waals surface area contributed by atoms with E-state index in [1.54, 1.807) is 11.8 Å². The molecule has 0 bridgehead atoms. The molecule has 1 heterocycles. The molecule has 4 heteroatoms. The molecule has 1 aliphatic heterocycles. The van der Waals surface area contributed by atoms with Crippen LogP contribution in [-0.4, -0.2) is 24.9 Å². The number of rotatable bonds is 3. The molecule has 0 aliphatic carbocycles. The lowest BCUT2D eigenvalue weighted by molar-refractivity contribution is 0.501. The maximum Gasteiger partial charge on any atom is 0.103 e. The van der Waals surface area contributed by atoms with Gasteiger partial charge in [-0.3, -0.25) is 0 Å². The van der Waals surface area contributed by atoms with Gasteiger partial charge in [0.2, 0.25) is 0 Å². The Hall–Kier alpha value is -1.18. The molecule has 0 atom stereocenters. The van der Waals surface area contributed by atoms with Crippen molar-refractivity contribution in [3.63, 3.8) is 0 Å². The number of anilines is 1. The number of thioether (sulfide) groups is 1. The van der Waals surface area contributed by atoms with Crippen molar-refractivity contribution in [1.82, 2.24) is 0 Å². The van der Waals surface area contributed by atoms with Crippen LogP contribution in [0.5, 0.6) is 0 Å². The Kier molecular flexibility index (Phi) is 4.51. The molecule has 0 amide bonds. The number of piperidine rings is 1. The highest BCUT2D eigenvalue weighted by Gasteiger charge is 2.19. The molecule has 96 valence electrons. The molecule has 18 heavy (non-hydrogen) atoms. The Labute approximate surface area is 113 Å². The zero-order chi connectivity index (χ0) is 13.0. The van der Waals surface area contributed by atoms with E-state index >= 15 is 0 Å². The zero-order valence-corrected chi connectivity index (χ0v) is 11.5. The molecule has 0 radical (unpaired) electrons. The first-order chi connectivity index (χ1) is 8.76. The highest BCUT2D eigenvalue weighted by atomic mass is 32.2. The van der Waals surface area contributed by atoms with E-state index in [2.05, 4.69) is 24.0 Å². The summed E-state index contributed by atoms with van der Waals surface area (Å²) in [4.78, 5) is 3.38. The van der Waals surface area contributed by atoms with Crippen molar-refractivity contribution in [2.45, 2.75) is 30.7 Å². The van der Waals surface area contributed by atoms with E-state index in [0.717, 1.165) is 47.8 Å². The summed E-state index contributed by atoms with van der Waals surface area (Å²) < 4.78 is 0. The number of nitriles is 1. The first-order valence-corrected chi connectivity index (χ1v) is 7.41. The van der Waals surface area contributed by atoms with Crippen molar-refractivity contribution in [1.29, 1.82) is 5.26 Å². The van der Waals surface area contributed by atoms with E-state index in [1.807, 2.05) is 12.1 Å². The van der Waals surface area contributed by atoms with Gasteiger partial charge in [-0.15, -0.1) is 11.8 Å². The zero-order valence-electron chi connectivity index (χ0n) is 10.7. The summed E-state index contributed by atoms with van der Waals surface area (Å²) >= 11 is 1.73. The highest BCUT2D eigenvalue weighted by molar-refractivity contribution is 7.99. The van der Waals surface area contributed by atoms with Gasteiger partial charge in [0.1, 0.15) is 6.07 Å². The predicted octanol–water partition coefficient (Wildman–Crippen LogP) is 2.60. The SMILES string of the molecule is CCSc1cccc(N2CCC(N)CC2)c1C#N. The van der Waals surface area contributed by atoms with Gasteiger partial charge in [0.05, 0.1) is 11.3 Å². The molecule has 0 unspecified atom stereocenters. The van der Waals surface area contributed by atoms with Gasteiger partial charge < -0.3 is 10.6 Å². The standard InChI is InChI=1S/C14H19N3S/c1-2-18-14-5-3-4-13(12(14)10-15)17-8-6-11(16)7-9-17/h3-5,11H,2,6-9,16H2,1H3. The summed E-state index contributed by atoms with van der Waals surface area (Å²) in [5.41, 5.74) is 7.82. The van der Waals surface area contributed by atoms with Crippen LogP contribution in [0.4, 0.5) is 5.69 Å². The number of benzene rings is 1. The summed E-state index contributed by atoms with van der Waals surface area (Å²) in [6.07, 6.45) is 2.02. The van der Waals surface area contributed by atoms with E-state index in [0.29, 0.717) is 6.04 Å². The molecule has 0 saturated carbocycles. The minimum atomic E-state index is 0.319. The van der Waals surface area contributed by atoms with Crippen molar-refractivity contribution in [2.75, 3.05) is 23.7 Å². The molecule has 1 aliphatic rings. The summed E-state index contributed by atoms with van der Waals surface area (Å²) in [6.45, 7) is 4.02. The van der Waals surface area contributed by atoms with Gasteiger partial charge in [-0.25, -0.2) is 0 Å². The molecule has 2 rings (SSSR count). The number of nitrogens with zero attached hydrogens (tertiary/aromatic N) is 2. The molecule has 1 aromatic rings. The van der Waals surface area contributed by atoms with Crippen LogP contribution in [0, 0.1) is 11.3 Å². The normalized spacial score (nSPS) is 16.6. The molecule has 3 nitrogen and oxygen atoms in total. The Bertz CT molecular complexity index is 445. The number of hydrogen-bond acceptors (Lipinski definition) is 4. The third-order valence-electron chi connectivity index (χ3n) is 3.30. The number of nitrogens with two attached hydrogens (primary N) is 1. The van der Waals surface area contributed by atoms with E-state index in [4.69, 9.17) is 5.73 Å². The smallest absolute Gasteiger partial charge is 0.103 e. The van der Waals surface area contributed by atoms with Crippen LogP contribution < -0.4 is 10.6 Å². The molecule has 1 saturated heterocycles. The molecular formula is C14H19N3S. The van der Waals surface area contributed by atoms with Crippen molar-refractivity contribution < 1.29 is 0 Å². The average Bonchev–Trinajstić information content (AvgIpc) is 2.40. The lowest BCUT2D eigenvalue weighted by Crippen LogP contribution is -2.40. The molecule has 2 N–H and O–H groups in total. The Morgan fingerprint density at radius 3 is 2.78 bits per heavy atom. The van der Waals surface area contributed by atoms with E-state index < -0.39 is 0 Å². The second kappa shape index (κ2) is 6.12. The summed E-state index contributed by atoms with van der Waals surface area (Å²) in [5, 5.41) is 9.39. The Balaban J connectivity index is 2.27. The van der Waals surface area contributed by atoms with Gasteiger partial charge in [-0.05, 0) is 30.7 Å². The minimum absolute atomic E-state index is 0.319. The first kappa shape index (κ1) is 13.3. The third kappa shape index (κ3) is 2.80. The Morgan fingerprint density at radius 1 is 1.44 bits per heavy atom. The van der Waals surface area contributed by atoms with Crippen molar-refractivity contribution in [3.8, 4) is 6.07 Å². The van der Waals surface area contributed by atoms with Gasteiger partial charge in [0.25, 0.3) is 0 Å². The maximum absolute atomic E-state index is 9.39. The largest absolute Gasteiger partial charge is 0.370 e. The van der Waals surface area contributed by atoms with Crippen LogP contribution >= 0.6 is 11.8 Å². The second-order valence-corrected chi connectivity index (χ2v) is 5.83. The highest BCUT2D eigenvalue weighted by Crippen LogP contribution is 2.31. The quantitative estimate of drug-likeness (QED) is 0.850. The topological polar surface area (TPSA) is 53.0 Å². The van der Waals surface area contributed by atoms with E-state index in [9.17, 15) is 5.26 Å². The predicted molar refractivity (Wildman–Crippen MR) is 77.0 cm³/mol. The maximum atomic E-state index is 9.39. The van der Waals surface area contributed by atoms with Crippen molar-refractivity contribution >= 4 is 17.4 Å². The van der Waals surface area contributed by atoms with Gasteiger partial charge in [-0.1, -0.05) is 13.0 Å².